The number of benzene rings is 2. The maximum absolute atomic E-state index is 14.3. The van der Waals surface area contributed by atoms with Crippen LogP contribution in [0.4, 0.5) is 13.2 Å². The summed E-state index contributed by atoms with van der Waals surface area (Å²) in [6.07, 6.45) is 0.158. The summed E-state index contributed by atoms with van der Waals surface area (Å²) in [7, 11) is -1.35. The number of rotatable bonds is 7. The standard InChI is InChI=1S/C25H25F3N2O3S/c1-14(2)30-13-20(25(32)29-12-18-8-9-19(34(4)33)11-21(18)26)23(31)22(15(30)3)16-6-5-7-17(10-16)24(27)28/h5-11,13-14,24H,12H2,1-4H3,(H,29,32). The highest BCUT2D eigenvalue weighted by atomic mass is 32.2. The smallest absolute Gasteiger partial charge is 0.263 e. The summed E-state index contributed by atoms with van der Waals surface area (Å²) in [6, 6.07) is 9.47. The fourth-order valence-corrected chi connectivity index (χ4v) is 4.24. The number of hydrogen-bond donors (Lipinski definition) is 1. The second-order valence-electron chi connectivity index (χ2n) is 8.15. The molecule has 1 unspecified atom stereocenters. The molecule has 1 aromatic heterocycles. The zero-order valence-electron chi connectivity index (χ0n) is 19.2. The maximum Gasteiger partial charge on any atom is 0.263 e. The van der Waals surface area contributed by atoms with E-state index in [-0.39, 0.29) is 34.8 Å². The molecule has 0 bridgehead atoms. The van der Waals surface area contributed by atoms with E-state index in [1.54, 1.807) is 17.6 Å². The number of halogens is 3. The predicted molar refractivity (Wildman–Crippen MR) is 126 cm³/mol. The zero-order chi connectivity index (χ0) is 25.2. The molecule has 0 aliphatic carbocycles. The second kappa shape index (κ2) is 10.4. The SMILES string of the molecule is Cc1c(-c2cccc(C(F)F)c2)c(=O)c(C(=O)NCc2ccc(S(C)=O)cc2F)cn1C(C)C. The Labute approximate surface area is 198 Å². The molecule has 0 radical (unpaired) electrons. The molecular weight excluding hydrogens is 465 g/mol. The minimum atomic E-state index is -2.70. The van der Waals surface area contributed by atoms with Gasteiger partial charge in [0.25, 0.3) is 12.3 Å². The Balaban J connectivity index is 2.01. The van der Waals surface area contributed by atoms with Crippen LogP contribution in [0.15, 0.2) is 58.4 Å². The highest BCUT2D eigenvalue weighted by molar-refractivity contribution is 7.84. The fourth-order valence-electron chi connectivity index (χ4n) is 3.71. The van der Waals surface area contributed by atoms with Crippen LogP contribution in [-0.2, 0) is 17.3 Å². The number of alkyl halides is 2. The molecule has 3 aromatic rings. The molecule has 9 heteroatoms. The Morgan fingerprint density at radius 1 is 1.15 bits per heavy atom. The van der Waals surface area contributed by atoms with Crippen LogP contribution in [-0.4, -0.2) is 20.9 Å². The number of nitrogens with zero attached hydrogens (tertiary/aromatic N) is 1. The summed E-state index contributed by atoms with van der Waals surface area (Å²) in [4.78, 5) is 26.6. The van der Waals surface area contributed by atoms with E-state index in [2.05, 4.69) is 5.32 Å². The van der Waals surface area contributed by atoms with Gasteiger partial charge in [0.2, 0.25) is 5.43 Å². The van der Waals surface area contributed by atoms with Gasteiger partial charge in [-0.15, -0.1) is 0 Å². The van der Waals surface area contributed by atoms with Crippen molar-refractivity contribution < 1.29 is 22.2 Å². The van der Waals surface area contributed by atoms with Crippen LogP contribution in [0, 0.1) is 12.7 Å². The van der Waals surface area contributed by atoms with Crippen molar-refractivity contribution >= 4 is 16.7 Å². The molecule has 1 atom stereocenters. The van der Waals surface area contributed by atoms with Gasteiger partial charge in [-0.1, -0.05) is 24.3 Å². The lowest BCUT2D eigenvalue weighted by Gasteiger charge is -2.20. The van der Waals surface area contributed by atoms with Crippen molar-refractivity contribution in [2.75, 3.05) is 6.26 Å². The van der Waals surface area contributed by atoms with Crippen LogP contribution in [0.2, 0.25) is 0 Å². The highest BCUT2D eigenvalue weighted by Crippen LogP contribution is 2.27. The number of carbonyl (C=O) groups excluding carboxylic acids is 1. The van der Waals surface area contributed by atoms with Crippen molar-refractivity contribution in [3.05, 3.63) is 87.1 Å². The monoisotopic (exact) mass is 490 g/mol. The molecule has 0 fully saturated rings. The van der Waals surface area contributed by atoms with Gasteiger partial charge in [-0.25, -0.2) is 13.2 Å². The zero-order valence-corrected chi connectivity index (χ0v) is 20.0. The first-order valence-corrected chi connectivity index (χ1v) is 12.1. The Hall–Kier alpha value is -3.20. The molecule has 0 aliphatic rings. The molecule has 1 N–H and O–H groups in total. The van der Waals surface area contributed by atoms with Gasteiger partial charge in [-0.2, -0.15) is 0 Å². The first-order chi connectivity index (χ1) is 16.0. The van der Waals surface area contributed by atoms with E-state index in [0.717, 1.165) is 6.07 Å². The summed E-state index contributed by atoms with van der Waals surface area (Å²) >= 11 is 0. The molecule has 0 aliphatic heterocycles. The van der Waals surface area contributed by atoms with Gasteiger partial charge in [0, 0.05) is 63.1 Å². The molecule has 180 valence electrons. The number of aromatic nitrogens is 1. The molecule has 1 amide bonds. The van der Waals surface area contributed by atoms with Gasteiger partial charge >= 0.3 is 0 Å². The van der Waals surface area contributed by atoms with E-state index < -0.39 is 34.4 Å². The second-order valence-corrected chi connectivity index (χ2v) is 9.53. The van der Waals surface area contributed by atoms with Crippen LogP contribution in [0.1, 0.15) is 53.5 Å². The summed E-state index contributed by atoms with van der Waals surface area (Å²) in [5.41, 5.74) is 0.150. The van der Waals surface area contributed by atoms with Crippen molar-refractivity contribution in [2.45, 2.75) is 44.7 Å². The first-order valence-electron chi connectivity index (χ1n) is 10.6. The highest BCUT2D eigenvalue weighted by Gasteiger charge is 2.21. The molecule has 0 saturated carbocycles. The summed E-state index contributed by atoms with van der Waals surface area (Å²) < 4.78 is 54.1. The van der Waals surface area contributed by atoms with Crippen LogP contribution in [0.25, 0.3) is 11.1 Å². The molecule has 0 saturated heterocycles. The fraction of sp³-hybridized carbons (Fsp3) is 0.280. The Kier molecular flexibility index (Phi) is 7.76. The third kappa shape index (κ3) is 5.30. The number of nitrogens with one attached hydrogen (secondary N) is 1. The molecule has 5 nitrogen and oxygen atoms in total. The molecule has 34 heavy (non-hydrogen) atoms. The maximum atomic E-state index is 14.3. The number of hydrogen-bond acceptors (Lipinski definition) is 3. The molecule has 1 heterocycles. The Bertz CT molecular complexity index is 1320. The minimum absolute atomic E-state index is 0.121. The van der Waals surface area contributed by atoms with Crippen molar-refractivity contribution in [3.63, 3.8) is 0 Å². The molecule has 3 rings (SSSR count). The largest absolute Gasteiger partial charge is 0.348 e. The third-order valence-electron chi connectivity index (χ3n) is 5.51. The van der Waals surface area contributed by atoms with Gasteiger partial charge in [-0.3, -0.25) is 13.8 Å². The number of carbonyl (C=O) groups is 1. The quantitative estimate of drug-likeness (QED) is 0.498. The van der Waals surface area contributed by atoms with Crippen LogP contribution in [0.3, 0.4) is 0 Å². The van der Waals surface area contributed by atoms with Crippen molar-refractivity contribution in [3.8, 4) is 11.1 Å². The molecule has 0 spiro atoms. The van der Waals surface area contributed by atoms with Crippen LogP contribution in [0.5, 0.6) is 0 Å². The van der Waals surface area contributed by atoms with Gasteiger partial charge < -0.3 is 9.88 Å². The lowest BCUT2D eigenvalue weighted by Crippen LogP contribution is -2.31. The van der Waals surface area contributed by atoms with E-state index in [1.807, 2.05) is 13.8 Å². The van der Waals surface area contributed by atoms with E-state index in [9.17, 15) is 27.0 Å². The Morgan fingerprint density at radius 3 is 2.44 bits per heavy atom. The molecule has 2 aromatic carbocycles. The van der Waals surface area contributed by atoms with E-state index in [1.165, 1.54) is 42.8 Å². The predicted octanol–water partition coefficient (Wildman–Crippen LogP) is 5.15. The molecular formula is C25H25F3N2O3S. The lowest BCUT2D eigenvalue weighted by atomic mass is 9.98. The Morgan fingerprint density at radius 2 is 1.85 bits per heavy atom. The van der Waals surface area contributed by atoms with Gasteiger partial charge in [-0.05, 0) is 44.5 Å². The number of pyridine rings is 1. The first kappa shape index (κ1) is 25.4. The van der Waals surface area contributed by atoms with Crippen LogP contribution >= 0.6 is 0 Å². The van der Waals surface area contributed by atoms with Crippen molar-refractivity contribution in [1.29, 1.82) is 0 Å². The van der Waals surface area contributed by atoms with E-state index in [4.69, 9.17) is 0 Å². The average molecular weight is 491 g/mol. The van der Waals surface area contributed by atoms with Crippen molar-refractivity contribution in [2.24, 2.45) is 0 Å². The van der Waals surface area contributed by atoms with Gasteiger partial charge in [0.1, 0.15) is 11.4 Å². The van der Waals surface area contributed by atoms with E-state index in [0.29, 0.717) is 16.2 Å². The van der Waals surface area contributed by atoms with Crippen LogP contribution < -0.4 is 10.7 Å². The number of amides is 1. The van der Waals surface area contributed by atoms with E-state index >= 15 is 0 Å². The average Bonchev–Trinajstić information content (AvgIpc) is 2.78. The summed E-state index contributed by atoms with van der Waals surface area (Å²) in [5, 5.41) is 2.55. The van der Waals surface area contributed by atoms with Crippen molar-refractivity contribution in [1.82, 2.24) is 9.88 Å². The lowest BCUT2D eigenvalue weighted by molar-refractivity contribution is 0.0948. The summed E-state index contributed by atoms with van der Waals surface area (Å²) in [5.74, 6) is -1.34. The normalized spacial score (nSPS) is 12.3. The topological polar surface area (TPSA) is 68.2 Å². The van der Waals surface area contributed by atoms with Gasteiger partial charge in [0.05, 0.1) is 0 Å². The minimum Gasteiger partial charge on any atom is -0.348 e. The van der Waals surface area contributed by atoms with Gasteiger partial charge in [0.15, 0.2) is 0 Å². The third-order valence-corrected chi connectivity index (χ3v) is 6.43. The summed E-state index contributed by atoms with van der Waals surface area (Å²) in [6.45, 7) is 5.24.